The summed E-state index contributed by atoms with van der Waals surface area (Å²) in [4.78, 5) is 24.7. The molecule has 20 heavy (non-hydrogen) atoms. The Morgan fingerprint density at radius 3 is 2.60 bits per heavy atom. The molecule has 0 bridgehead atoms. The normalized spacial score (nSPS) is 24.4. The third-order valence-corrected chi connectivity index (χ3v) is 2.62. The molecule has 1 aromatic rings. The molecule has 0 aliphatic carbocycles. The van der Waals surface area contributed by atoms with Crippen molar-refractivity contribution >= 4 is 0 Å². The number of aryl methyl sites for hydroxylation is 1. The van der Waals surface area contributed by atoms with Crippen LogP contribution < -0.4 is 11.2 Å². The Morgan fingerprint density at radius 1 is 1.55 bits per heavy atom. The molecular weight excluding hydrogens is 270 g/mol. The lowest BCUT2D eigenvalue weighted by atomic mass is 10.2. The lowest BCUT2D eigenvalue weighted by Gasteiger charge is -2.13. The first kappa shape index (κ1) is 15.9. The summed E-state index contributed by atoms with van der Waals surface area (Å²) < 4.78 is 9.98. The standard InChI is InChI=1S/C9H12N2O5.C2H3NO/c1-4-3-11(9(15)10-7(4)13)6-2-5(12)8(14)16-6;1-4-2-3/h3,5-6,8,12,14H,2H2,1H3,(H,10,13,15);1H3. The van der Waals surface area contributed by atoms with Crippen LogP contribution in [-0.4, -0.2) is 39.3 Å². The summed E-state index contributed by atoms with van der Waals surface area (Å²) in [5, 5.41) is 25.9. The van der Waals surface area contributed by atoms with E-state index in [0.29, 0.717) is 5.56 Å². The van der Waals surface area contributed by atoms with E-state index in [4.69, 9.17) is 10.00 Å². The molecule has 9 heteroatoms. The van der Waals surface area contributed by atoms with Gasteiger partial charge in [0, 0.05) is 18.2 Å². The predicted molar refractivity (Wildman–Crippen MR) is 65.4 cm³/mol. The number of nitrogens with zero attached hydrogens (tertiary/aromatic N) is 2. The van der Waals surface area contributed by atoms with E-state index >= 15 is 0 Å². The van der Waals surface area contributed by atoms with Crippen molar-refractivity contribution < 1.29 is 19.7 Å². The third-order valence-electron chi connectivity index (χ3n) is 2.62. The highest BCUT2D eigenvalue weighted by atomic mass is 16.6. The highest BCUT2D eigenvalue weighted by Crippen LogP contribution is 2.25. The Labute approximate surface area is 113 Å². The number of hydrogen-bond donors (Lipinski definition) is 3. The van der Waals surface area contributed by atoms with Crippen LogP contribution in [0.25, 0.3) is 0 Å². The van der Waals surface area contributed by atoms with E-state index in [1.807, 2.05) is 0 Å². The number of ether oxygens (including phenoxy) is 2. The molecule has 1 aromatic heterocycles. The molecule has 1 saturated heterocycles. The number of H-pyrrole nitrogens is 1. The van der Waals surface area contributed by atoms with Crippen molar-refractivity contribution in [2.75, 3.05) is 7.11 Å². The first-order chi connectivity index (χ1) is 9.40. The maximum Gasteiger partial charge on any atom is 0.330 e. The van der Waals surface area contributed by atoms with Gasteiger partial charge in [-0.1, -0.05) is 0 Å². The van der Waals surface area contributed by atoms with Gasteiger partial charge in [0.1, 0.15) is 12.3 Å². The first-order valence-corrected chi connectivity index (χ1v) is 5.66. The second-order valence-electron chi connectivity index (χ2n) is 4.06. The fourth-order valence-electron chi connectivity index (χ4n) is 1.61. The van der Waals surface area contributed by atoms with Crippen LogP contribution >= 0.6 is 0 Å². The van der Waals surface area contributed by atoms with Crippen molar-refractivity contribution in [1.82, 2.24) is 9.55 Å². The molecule has 1 fully saturated rings. The summed E-state index contributed by atoms with van der Waals surface area (Å²) in [6, 6.07) is 0. The number of hydrogen-bond acceptors (Lipinski definition) is 7. The Bertz CT molecular complexity index is 591. The Kier molecular flexibility index (Phi) is 5.45. The van der Waals surface area contributed by atoms with Gasteiger partial charge in [0.15, 0.2) is 6.29 Å². The van der Waals surface area contributed by atoms with Gasteiger partial charge < -0.3 is 19.7 Å². The zero-order valence-corrected chi connectivity index (χ0v) is 10.9. The number of aromatic nitrogens is 2. The van der Waals surface area contributed by atoms with Crippen molar-refractivity contribution in [3.8, 4) is 6.26 Å². The highest BCUT2D eigenvalue weighted by molar-refractivity contribution is 5.01. The quantitative estimate of drug-likeness (QED) is 0.537. The van der Waals surface area contributed by atoms with Crippen molar-refractivity contribution in [2.45, 2.75) is 32.0 Å². The average molecular weight is 285 g/mol. The second-order valence-corrected chi connectivity index (χ2v) is 4.06. The molecule has 3 atom stereocenters. The number of aliphatic hydroxyl groups is 2. The Morgan fingerprint density at radius 2 is 2.15 bits per heavy atom. The summed E-state index contributed by atoms with van der Waals surface area (Å²) in [7, 11) is 1.32. The fraction of sp³-hybridized carbons (Fsp3) is 0.545. The van der Waals surface area contributed by atoms with Gasteiger partial charge in [0.05, 0.1) is 7.11 Å². The van der Waals surface area contributed by atoms with Crippen LogP contribution in [0.4, 0.5) is 0 Å². The van der Waals surface area contributed by atoms with Crippen LogP contribution in [0.5, 0.6) is 0 Å². The Hall–Kier alpha value is -2.15. The molecule has 0 amide bonds. The molecule has 0 spiro atoms. The summed E-state index contributed by atoms with van der Waals surface area (Å²) in [6.45, 7) is 1.55. The van der Waals surface area contributed by atoms with Gasteiger partial charge in [-0.05, 0) is 6.92 Å². The van der Waals surface area contributed by atoms with Gasteiger partial charge in [-0.3, -0.25) is 14.3 Å². The van der Waals surface area contributed by atoms with Gasteiger partial charge >= 0.3 is 5.69 Å². The molecule has 2 rings (SSSR count). The number of aromatic amines is 1. The minimum atomic E-state index is -1.30. The van der Waals surface area contributed by atoms with Crippen molar-refractivity contribution in [3.05, 3.63) is 32.6 Å². The van der Waals surface area contributed by atoms with E-state index in [2.05, 4.69) is 9.72 Å². The van der Waals surface area contributed by atoms with Crippen LogP contribution in [0.2, 0.25) is 0 Å². The molecule has 2 heterocycles. The van der Waals surface area contributed by atoms with Crippen molar-refractivity contribution in [1.29, 1.82) is 5.26 Å². The number of nitrogens with one attached hydrogen (secondary N) is 1. The predicted octanol–water partition coefficient (Wildman–Crippen LogP) is -1.44. The molecule has 1 aliphatic heterocycles. The summed E-state index contributed by atoms with van der Waals surface area (Å²) in [5.74, 6) is 0. The van der Waals surface area contributed by atoms with E-state index in [0.717, 1.165) is 4.57 Å². The number of methoxy groups -OCH3 is 1. The largest absolute Gasteiger partial charge is 0.431 e. The summed E-state index contributed by atoms with van der Waals surface area (Å²) in [6.07, 6.45) is -0.204. The summed E-state index contributed by atoms with van der Waals surface area (Å²) >= 11 is 0. The van der Waals surface area contributed by atoms with Crippen LogP contribution in [0.1, 0.15) is 18.2 Å². The van der Waals surface area contributed by atoms with Crippen LogP contribution in [0.15, 0.2) is 15.8 Å². The van der Waals surface area contributed by atoms with Crippen LogP contribution in [0.3, 0.4) is 0 Å². The lowest BCUT2D eigenvalue weighted by molar-refractivity contribution is -0.142. The van der Waals surface area contributed by atoms with Crippen molar-refractivity contribution in [2.24, 2.45) is 0 Å². The molecule has 1 aliphatic rings. The van der Waals surface area contributed by atoms with Crippen molar-refractivity contribution in [3.63, 3.8) is 0 Å². The fourth-order valence-corrected chi connectivity index (χ4v) is 1.61. The topological polar surface area (TPSA) is 138 Å². The number of nitriles is 1. The van der Waals surface area contributed by atoms with E-state index < -0.39 is 29.9 Å². The highest BCUT2D eigenvalue weighted by Gasteiger charge is 2.34. The van der Waals surface area contributed by atoms with Crippen LogP contribution in [0, 0.1) is 18.4 Å². The molecule has 110 valence electrons. The van der Waals surface area contributed by atoms with E-state index in [1.165, 1.54) is 19.6 Å². The van der Waals surface area contributed by atoms with Gasteiger partial charge in [0.25, 0.3) is 11.8 Å². The average Bonchev–Trinajstić information content (AvgIpc) is 2.74. The minimum absolute atomic E-state index is 0.104. The van der Waals surface area contributed by atoms with E-state index in [-0.39, 0.29) is 6.42 Å². The van der Waals surface area contributed by atoms with E-state index in [9.17, 15) is 19.8 Å². The molecule has 0 saturated carbocycles. The van der Waals surface area contributed by atoms with Crippen LogP contribution in [-0.2, 0) is 9.47 Å². The SMILES string of the molecule is COC#N.Cc1cn(C2CC(O)C(O)O2)c(=O)[nH]c1=O. The molecule has 3 unspecified atom stereocenters. The Balaban J connectivity index is 0.000000444. The zero-order chi connectivity index (χ0) is 15.3. The maximum absolute atomic E-state index is 11.5. The monoisotopic (exact) mass is 285 g/mol. The smallest absolute Gasteiger partial charge is 0.330 e. The second kappa shape index (κ2) is 6.85. The van der Waals surface area contributed by atoms with Gasteiger partial charge in [-0.25, -0.2) is 4.79 Å². The van der Waals surface area contributed by atoms with E-state index in [1.54, 1.807) is 6.92 Å². The number of aliphatic hydroxyl groups excluding tert-OH is 2. The minimum Gasteiger partial charge on any atom is -0.431 e. The molecule has 3 N–H and O–H groups in total. The first-order valence-electron chi connectivity index (χ1n) is 5.66. The maximum atomic E-state index is 11.5. The lowest BCUT2D eigenvalue weighted by Crippen LogP contribution is -2.33. The molecule has 9 nitrogen and oxygen atoms in total. The molecule has 0 radical (unpaired) electrons. The number of rotatable bonds is 1. The zero-order valence-electron chi connectivity index (χ0n) is 10.9. The van der Waals surface area contributed by atoms with Gasteiger partial charge in [-0.15, -0.1) is 0 Å². The van der Waals surface area contributed by atoms with Gasteiger partial charge in [0.2, 0.25) is 0 Å². The molecular formula is C11H15N3O6. The third kappa shape index (κ3) is 3.67. The summed E-state index contributed by atoms with van der Waals surface area (Å²) in [5.41, 5.74) is -0.721. The van der Waals surface area contributed by atoms with Gasteiger partial charge in [-0.2, -0.15) is 5.26 Å². The molecule has 0 aromatic carbocycles.